The van der Waals surface area contributed by atoms with Crippen LogP contribution in [0.15, 0.2) is 5.51 Å². The second-order valence-electron chi connectivity index (χ2n) is 5.68. The third-order valence-electron chi connectivity index (χ3n) is 3.94. The lowest BCUT2D eigenvalue weighted by molar-refractivity contribution is 0.263. The van der Waals surface area contributed by atoms with Crippen molar-refractivity contribution in [3.05, 3.63) is 16.1 Å². The second kappa shape index (κ2) is 6.13. The fraction of sp³-hybridized carbons (Fsp3) is 0.786. The van der Waals surface area contributed by atoms with E-state index >= 15 is 0 Å². The molecule has 0 spiro atoms. The average molecular weight is 267 g/mol. The van der Waals surface area contributed by atoms with Crippen molar-refractivity contribution in [2.24, 2.45) is 5.92 Å². The minimum absolute atomic E-state index is 0.436. The fourth-order valence-corrected chi connectivity index (χ4v) is 3.50. The van der Waals surface area contributed by atoms with Gasteiger partial charge in [0.05, 0.1) is 11.2 Å². The smallest absolute Gasteiger partial charge is 0.0798 e. The minimum Gasteiger partial charge on any atom is -0.309 e. The van der Waals surface area contributed by atoms with Crippen LogP contribution in [0.25, 0.3) is 0 Å². The lowest BCUT2D eigenvalue weighted by Crippen LogP contribution is -2.31. The lowest BCUT2D eigenvalue weighted by Gasteiger charge is -2.21. The molecule has 1 aliphatic rings. The van der Waals surface area contributed by atoms with Gasteiger partial charge < -0.3 is 10.2 Å². The van der Waals surface area contributed by atoms with Gasteiger partial charge in [-0.3, -0.25) is 0 Å². The van der Waals surface area contributed by atoms with Gasteiger partial charge in [0.25, 0.3) is 0 Å². The fourth-order valence-electron chi connectivity index (χ4n) is 2.66. The topological polar surface area (TPSA) is 28.2 Å². The molecule has 0 bridgehead atoms. The predicted octanol–water partition coefficient (Wildman–Crippen LogP) is 2.83. The molecule has 2 unspecified atom stereocenters. The number of rotatable bonds is 5. The maximum atomic E-state index is 4.32. The van der Waals surface area contributed by atoms with Gasteiger partial charge in [0, 0.05) is 23.5 Å². The Bertz CT molecular complexity index is 375. The van der Waals surface area contributed by atoms with E-state index in [1.165, 1.54) is 30.1 Å². The van der Waals surface area contributed by atoms with Crippen LogP contribution < -0.4 is 5.32 Å². The lowest BCUT2D eigenvalue weighted by atomic mass is 10.1. The number of aryl methyl sites for hydroxylation is 1. The highest BCUT2D eigenvalue weighted by Crippen LogP contribution is 2.23. The summed E-state index contributed by atoms with van der Waals surface area (Å²) in [4.78, 5) is 8.28. The largest absolute Gasteiger partial charge is 0.309 e. The number of nitrogens with one attached hydrogen (secondary N) is 1. The molecule has 1 saturated heterocycles. The van der Waals surface area contributed by atoms with Crippen LogP contribution in [-0.2, 0) is 0 Å². The van der Waals surface area contributed by atoms with E-state index in [1.54, 1.807) is 11.3 Å². The van der Waals surface area contributed by atoms with E-state index in [2.05, 4.69) is 42.9 Å². The Morgan fingerprint density at radius 1 is 1.50 bits per heavy atom. The van der Waals surface area contributed by atoms with Crippen LogP contribution in [0.2, 0.25) is 0 Å². The molecule has 2 heterocycles. The molecule has 1 N–H and O–H groups in total. The van der Waals surface area contributed by atoms with Crippen LogP contribution in [0.3, 0.4) is 0 Å². The first kappa shape index (κ1) is 14.0. The second-order valence-corrected chi connectivity index (χ2v) is 6.56. The molecule has 2 rings (SSSR count). The highest BCUT2D eigenvalue weighted by atomic mass is 32.1. The number of aromatic nitrogens is 1. The summed E-state index contributed by atoms with van der Waals surface area (Å²) in [6, 6.07) is 1.13. The van der Waals surface area contributed by atoms with Crippen molar-refractivity contribution in [1.82, 2.24) is 15.2 Å². The van der Waals surface area contributed by atoms with Crippen LogP contribution >= 0.6 is 11.3 Å². The standard InChI is InChI=1S/C14H25N3S/c1-10(2)17-6-5-13(8-17)7-15-11(3)14-12(4)16-9-18-14/h9-11,13,15H,5-8H2,1-4H3. The Hall–Kier alpha value is -0.450. The summed E-state index contributed by atoms with van der Waals surface area (Å²) in [5.74, 6) is 0.808. The van der Waals surface area contributed by atoms with Gasteiger partial charge >= 0.3 is 0 Å². The van der Waals surface area contributed by atoms with Gasteiger partial charge in [0.15, 0.2) is 0 Å². The molecule has 3 nitrogen and oxygen atoms in total. The number of nitrogens with zero attached hydrogens (tertiary/aromatic N) is 2. The summed E-state index contributed by atoms with van der Waals surface area (Å²) in [5, 5.41) is 3.67. The van der Waals surface area contributed by atoms with Crippen LogP contribution in [0.1, 0.15) is 43.8 Å². The van der Waals surface area contributed by atoms with Crippen LogP contribution in [0, 0.1) is 12.8 Å². The molecular weight excluding hydrogens is 242 g/mol. The van der Waals surface area contributed by atoms with Gasteiger partial charge in [0.1, 0.15) is 0 Å². The van der Waals surface area contributed by atoms with Crippen molar-refractivity contribution in [2.75, 3.05) is 19.6 Å². The molecule has 0 aliphatic carbocycles. The van der Waals surface area contributed by atoms with Gasteiger partial charge in [-0.1, -0.05) is 0 Å². The zero-order valence-electron chi connectivity index (χ0n) is 11.9. The number of likely N-dealkylation sites (tertiary alicyclic amines) is 1. The first-order chi connectivity index (χ1) is 8.58. The number of thiazole rings is 1. The zero-order chi connectivity index (χ0) is 13.1. The summed E-state index contributed by atoms with van der Waals surface area (Å²) in [6.07, 6.45) is 1.33. The van der Waals surface area contributed by atoms with Crippen molar-refractivity contribution in [1.29, 1.82) is 0 Å². The summed E-state index contributed by atoms with van der Waals surface area (Å²) in [5.41, 5.74) is 3.12. The van der Waals surface area contributed by atoms with Crippen LogP contribution in [-0.4, -0.2) is 35.6 Å². The number of hydrogen-bond acceptors (Lipinski definition) is 4. The van der Waals surface area contributed by atoms with Crippen molar-refractivity contribution >= 4 is 11.3 Å². The van der Waals surface area contributed by atoms with E-state index in [1.807, 2.05) is 5.51 Å². The predicted molar refractivity (Wildman–Crippen MR) is 78.1 cm³/mol. The molecule has 0 amide bonds. The van der Waals surface area contributed by atoms with E-state index in [-0.39, 0.29) is 0 Å². The first-order valence-corrected chi connectivity index (χ1v) is 7.83. The van der Waals surface area contributed by atoms with Gasteiger partial charge in [-0.15, -0.1) is 11.3 Å². The van der Waals surface area contributed by atoms with Gasteiger partial charge in [-0.05, 0) is 53.1 Å². The Balaban J connectivity index is 1.77. The number of hydrogen-bond donors (Lipinski definition) is 1. The van der Waals surface area contributed by atoms with Crippen LogP contribution in [0.4, 0.5) is 0 Å². The van der Waals surface area contributed by atoms with Gasteiger partial charge in [0.2, 0.25) is 0 Å². The average Bonchev–Trinajstić information content (AvgIpc) is 2.94. The highest BCUT2D eigenvalue weighted by molar-refractivity contribution is 7.09. The molecule has 0 saturated carbocycles. The Kier molecular flexibility index (Phi) is 4.76. The van der Waals surface area contributed by atoms with E-state index in [0.717, 1.165) is 12.5 Å². The molecule has 4 heteroatoms. The van der Waals surface area contributed by atoms with Crippen molar-refractivity contribution < 1.29 is 0 Å². The quantitative estimate of drug-likeness (QED) is 0.889. The molecule has 102 valence electrons. The Morgan fingerprint density at radius 2 is 2.28 bits per heavy atom. The van der Waals surface area contributed by atoms with Crippen molar-refractivity contribution in [3.8, 4) is 0 Å². The molecule has 0 aromatic carbocycles. The monoisotopic (exact) mass is 267 g/mol. The molecule has 0 radical (unpaired) electrons. The molecule has 1 fully saturated rings. The third kappa shape index (κ3) is 3.31. The molecule has 2 atom stereocenters. The van der Waals surface area contributed by atoms with Crippen molar-refractivity contribution in [3.63, 3.8) is 0 Å². The normalized spacial score (nSPS) is 22.8. The summed E-state index contributed by atoms with van der Waals surface area (Å²) >= 11 is 1.76. The molecule has 1 aromatic rings. The third-order valence-corrected chi connectivity index (χ3v) is 5.05. The van der Waals surface area contributed by atoms with E-state index in [9.17, 15) is 0 Å². The first-order valence-electron chi connectivity index (χ1n) is 6.95. The van der Waals surface area contributed by atoms with Gasteiger partial charge in [-0.25, -0.2) is 4.98 Å². The summed E-state index contributed by atoms with van der Waals surface area (Å²) < 4.78 is 0. The molecule has 1 aromatic heterocycles. The summed E-state index contributed by atoms with van der Waals surface area (Å²) in [6.45, 7) is 12.6. The van der Waals surface area contributed by atoms with Gasteiger partial charge in [-0.2, -0.15) is 0 Å². The maximum Gasteiger partial charge on any atom is 0.0798 e. The molecule has 18 heavy (non-hydrogen) atoms. The van der Waals surface area contributed by atoms with E-state index < -0.39 is 0 Å². The minimum atomic E-state index is 0.436. The highest BCUT2D eigenvalue weighted by Gasteiger charge is 2.24. The van der Waals surface area contributed by atoms with E-state index in [0.29, 0.717) is 12.1 Å². The molecule has 1 aliphatic heterocycles. The molecular formula is C14H25N3S. The Morgan fingerprint density at radius 3 is 2.83 bits per heavy atom. The zero-order valence-corrected chi connectivity index (χ0v) is 12.8. The SMILES string of the molecule is Cc1ncsc1C(C)NCC1CCN(C(C)C)C1. The van der Waals surface area contributed by atoms with Crippen molar-refractivity contribution in [2.45, 2.75) is 46.2 Å². The van der Waals surface area contributed by atoms with E-state index in [4.69, 9.17) is 0 Å². The maximum absolute atomic E-state index is 4.32. The summed E-state index contributed by atoms with van der Waals surface area (Å²) in [7, 11) is 0. The Labute approximate surface area is 115 Å². The van der Waals surface area contributed by atoms with Crippen LogP contribution in [0.5, 0.6) is 0 Å².